The number of aromatic nitrogens is 2. The van der Waals surface area contributed by atoms with Gasteiger partial charge in [-0.2, -0.15) is 0 Å². The van der Waals surface area contributed by atoms with Crippen molar-refractivity contribution in [1.29, 1.82) is 0 Å². The topological polar surface area (TPSA) is 34.4 Å². The molecule has 0 spiro atoms. The normalized spacial score (nSPS) is 10.9. The maximum atomic E-state index is 11.1. The molecule has 0 saturated carbocycles. The van der Waals surface area contributed by atoms with Crippen molar-refractivity contribution in [2.75, 3.05) is 0 Å². The number of hydrogen-bond acceptors (Lipinski definition) is 3. The highest BCUT2D eigenvalue weighted by molar-refractivity contribution is 7.15. The zero-order chi connectivity index (χ0) is 14.9. The summed E-state index contributed by atoms with van der Waals surface area (Å²) in [5.74, 6) is 0. The van der Waals surface area contributed by atoms with Gasteiger partial charge in [0.2, 0.25) is 0 Å². The molecule has 0 saturated heterocycles. The molecular weight excluding hydrogens is 292 g/mol. The third-order valence-electron chi connectivity index (χ3n) is 3.68. The highest BCUT2D eigenvalue weighted by atomic mass is 32.1. The van der Waals surface area contributed by atoms with E-state index < -0.39 is 0 Å². The number of imidazole rings is 1. The summed E-state index contributed by atoms with van der Waals surface area (Å²) in [7, 11) is 0. The van der Waals surface area contributed by atoms with Gasteiger partial charge in [0.15, 0.2) is 11.2 Å². The molecule has 0 fully saturated rings. The fourth-order valence-electron chi connectivity index (χ4n) is 2.58. The molecule has 0 atom stereocenters. The molecule has 0 unspecified atom stereocenters. The Kier molecular flexibility index (Phi) is 3.09. The molecule has 0 radical (unpaired) electrons. The Morgan fingerprint density at radius 3 is 2.32 bits per heavy atom. The average Bonchev–Trinajstić information content (AvgIpc) is 3.17. The summed E-state index contributed by atoms with van der Waals surface area (Å²) in [4.78, 5) is 16.2. The molecule has 22 heavy (non-hydrogen) atoms. The van der Waals surface area contributed by atoms with Gasteiger partial charge in [0.25, 0.3) is 0 Å². The molecular formula is C18H12N2OS. The minimum Gasteiger partial charge on any atom is -0.296 e. The van der Waals surface area contributed by atoms with Gasteiger partial charge in [-0.3, -0.25) is 9.20 Å². The monoisotopic (exact) mass is 304 g/mol. The van der Waals surface area contributed by atoms with Gasteiger partial charge in [-0.05, 0) is 16.7 Å². The molecule has 2 aromatic carbocycles. The van der Waals surface area contributed by atoms with Gasteiger partial charge in [0.1, 0.15) is 5.69 Å². The lowest BCUT2D eigenvalue weighted by molar-refractivity contribution is 0.111. The van der Waals surface area contributed by atoms with E-state index in [0.717, 1.165) is 22.5 Å². The summed E-state index contributed by atoms with van der Waals surface area (Å²) < 4.78 is 1.90. The maximum absolute atomic E-state index is 11.1. The second-order valence-corrected chi connectivity index (χ2v) is 5.82. The largest absolute Gasteiger partial charge is 0.296 e. The van der Waals surface area contributed by atoms with Gasteiger partial charge in [-0.15, -0.1) is 11.3 Å². The molecule has 2 aromatic heterocycles. The van der Waals surface area contributed by atoms with Gasteiger partial charge in [0, 0.05) is 5.38 Å². The van der Waals surface area contributed by atoms with Crippen molar-refractivity contribution in [3.05, 3.63) is 71.9 Å². The zero-order valence-corrected chi connectivity index (χ0v) is 12.5. The molecule has 2 heterocycles. The van der Waals surface area contributed by atoms with Gasteiger partial charge >= 0.3 is 0 Å². The standard InChI is InChI=1S/C18H12N2OS/c21-11-16-10-19-18-20(16)17(12-22-18)15-8-6-14(7-9-15)13-4-2-1-3-5-13/h1-12H. The SMILES string of the molecule is O=Cc1cnc2scc(-c3ccc(-c4ccccc4)cc3)n12. The smallest absolute Gasteiger partial charge is 0.194 e. The number of aldehydes is 1. The van der Waals surface area contributed by atoms with Crippen molar-refractivity contribution in [2.45, 2.75) is 0 Å². The Morgan fingerprint density at radius 2 is 1.59 bits per heavy atom. The fourth-order valence-corrected chi connectivity index (χ4v) is 3.46. The quantitative estimate of drug-likeness (QED) is 0.521. The lowest BCUT2D eigenvalue weighted by atomic mass is 10.0. The van der Waals surface area contributed by atoms with E-state index in [4.69, 9.17) is 0 Å². The zero-order valence-electron chi connectivity index (χ0n) is 11.6. The number of carbonyl (C=O) groups excluding carboxylic acids is 1. The molecule has 0 aliphatic heterocycles. The van der Waals surface area contributed by atoms with Crippen molar-refractivity contribution in [1.82, 2.24) is 9.38 Å². The molecule has 4 heteroatoms. The first kappa shape index (κ1) is 13.0. The number of benzene rings is 2. The predicted molar refractivity (Wildman–Crippen MR) is 89.3 cm³/mol. The lowest BCUT2D eigenvalue weighted by Crippen LogP contribution is -1.91. The molecule has 0 bridgehead atoms. The molecule has 0 aliphatic carbocycles. The van der Waals surface area contributed by atoms with Crippen LogP contribution in [0.4, 0.5) is 0 Å². The molecule has 0 aliphatic rings. The van der Waals surface area contributed by atoms with Crippen LogP contribution in [0.5, 0.6) is 0 Å². The van der Waals surface area contributed by atoms with Crippen molar-refractivity contribution >= 4 is 22.6 Å². The van der Waals surface area contributed by atoms with Crippen LogP contribution in [0.2, 0.25) is 0 Å². The number of fused-ring (bicyclic) bond motifs is 1. The van der Waals surface area contributed by atoms with E-state index in [1.807, 2.05) is 28.0 Å². The fraction of sp³-hybridized carbons (Fsp3) is 0. The lowest BCUT2D eigenvalue weighted by Gasteiger charge is -2.04. The Hall–Kier alpha value is -2.72. The molecule has 106 valence electrons. The van der Waals surface area contributed by atoms with Gasteiger partial charge in [-0.25, -0.2) is 4.98 Å². The first-order valence-corrected chi connectivity index (χ1v) is 7.81. The second-order valence-electron chi connectivity index (χ2n) is 4.98. The van der Waals surface area contributed by atoms with Crippen molar-refractivity contribution < 1.29 is 4.79 Å². The summed E-state index contributed by atoms with van der Waals surface area (Å²) in [6.07, 6.45) is 2.45. The van der Waals surface area contributed by atoms with Crippen LogP contribution in [0.15, 0.2) is 66.2 Å². The number of nitrogens with zero attached hydrogens (tertiary/aromatic N) is 2. The Bertz CT molecular complexity index is 936. The van der Waals surface area contributed by atoms with Gasteiger partial charge in [-0.1, -0.05) is 54.6 Å². The van der Waals surface area contributed by atoms with Gasteiger partial charge in [0.05, 0.1) is 11.9 Å². The van der Waals surface area contributed by atoms with Crippen LogP contribution >= 0.6 is 11.3 Å². The summed E-state index contributed by atoms with van der Waals surface area (Å²) in [5.41, 5.74) is 5.03. The molecule has 0 N–H and O–H groups in total. The number of carbonyl (C=O) groups is 1. The summed E-state index contributed by atoms with van der Waals surface area (Å²) >= 11 is 1.54. The Morgan fingerprint density at radius 1 is 0.909 bits per heavy atom. The van der Waals surface area contributed by atoms with E-state index in [2.05, 4.69) is 41.4 Å². The van der Waals surface area contributed by atoms with Crippen LogP contribution in [-0.4, -0.2) is 15.7 Å². The van der Waals surface area contributed by atoms with Crippen LogP contribution in [0.1, 0.15) is 10.5 Å². The third kappa shape index (κ3) is 2.05. The summed E-state index contributed by atoms with van der Waals surface area (Å²) in [6.45, 7) is 0. The van der Waals surface area contributed by atoms with E-state index in [0.29, 0.717) is 5.69 Å². The number of thiazole rings is 1. The van der Waals surface area contributed by atoms with Gasteiger partial charge < -0.3 is 0 Å². The third-order valence-corrected chi connectivity index (χ3v) is 4.52. The highest BCUT2D eigenvalue weighted by Gasteiger charge is 2.11. The van der Waals surface area contributed by atoms with Crippen LogP contribution in [0.25, 0.3) is 27.3 Å². The Labute approximate surface area is 131 Å². The van der Waals surface area contributed by atoms with Crippen molar-refractivity contribution in [2.24, 2.45) is 0 Å². The number of rotatable bonds is 3. The molecule has 3 nitrogen and oxygen atoms in total. The average molecular weight is 304 g/mol. The summed E-state index contributed by atoms with van der Waals surface area (Å²) in [5, 5.41) is 2.03. The first-order chi connectivity index (χ1) is 10.9. The molecule has 0 amide bonds. The second kappa shape index (κ2) is 5.24. The minimum atomic E-state index is 0.582. The van der Waals surface area contributed by atoms with Crippen LogP contribution in [-0.2, 0) is 0 Å². The van der Waals surface area contributed by atoms with Crippen LogP contribution in [0, 0.1) is 0 Å². The van der Waals surface area contributed by atoms with E-state index >= 15 is 0 Å². The highest BCUT2D eigenvalue weighted by Crippen LogP contribution is 2.29. The number of hydrogen-bond donors (Lipinski definition) is 0. The van der Waals surface area contributed by atoms with Crippen molar-refractivity contribution in [3.63, 3.8) is 0 Å². The minimum absolute atomic E-state index is 0.582. The molecule has 4 aromatic rings. The molecule has 4 rings (SSSR count). The Balaban J connectivity index is 1.79. The first-order valence-electron chi connectivity index (χ1n) is 6.93. The maximum Gasteiger partial charge on any atom is 0.194 e. The van der Waals surface area contributed by atoms with E-state index in [9.17, 15) is 4.79 Å². The van der Waals surface area contributed by atoms with Crippen molar-refractivity contribution in [3.8, 4) is 22.4 Å². The van der Waals surface area contributed by atoms with E-state index in [1.54, 1.807) is 6.20 Å². The summed E-state index contributed by atoms with van der Waals surface area (Å²) in [6, 6.07) is 18.6. The predicted octanol–water partition coefficient (Wildman–Crippen LogP) is 4.54. The van der Waals surface area contributed by atoms with Crippen LogP contribution < -0.4 is 0 Å². The van der Waals surface area contributed by atoms with E-state index in [1.165, 1.54) is 22.5 Å². The van der Waals surface area contributed by atoms with Crippen LogP contribution in [0.3, 0.4) is 0 Å². The van der Waals surface area contributed by atoms with E-state index in [-0.39, 0.29) is 0 Å².